The first-order valence-corrected chi connectivity index (χ1v) is 8.58. The zero-order valence-corrected chi connectivity index (χ0v) is 14.4. The predicted octanol–water partition coefficient (Wildman–Crippen LogP) is 4.32. The van der Waals surface area contributed by atoms with Gasteiger partial charge in [-0.05, 0) is 55.0 Å². The third kappa shape index (κ3) is 4.72. The summed E-state index contributed by atoms with van der Waals surface area (Å²) in [7, 11) is 1.60. The van der Waals surface area contributed by atoms with Crippen LogP contribution in [0.3, 0.4) is 0 Å². The molecule has 1 fully saturated rings. The highest BCUT2D eigenvalue weighted by molar-refractivity contribution is 5.89. The van der Waals surface area contributed by atoms with Gasteiger partial charge < -0.3 is 15.0 Å². The lowest BCUT2D eigenvalue weighted by Crippen LogP contribution is -2.41. The lowest BCUT2D eigenvalue weighted by Gasteiger charge is -2.32. The molecule has 0 saturated carbocycles. The van der Waals surface area contributed by atoms with Gasteiger partial charge >= 0.3 is 6.03 Å². The summed E-state index contributed by atoms with van der Waals surface area (Å²) in [5.41, 5.74) is 1.89. The monoisotopic (exact) mass is 342 g/mol. The molecule has 2 aromatic carbocycles. The van der Waals surface area contributed by atoms with Crippen molar-refractivity contribution in [2.45, 2.75) is 19.3 Å². The number of halogens is 1. The second-order valence-electron chi connectivity index (χ2n) is 6.42. The number of methoxy groups -OCH3 is 1. The van der Waals surface area contributed by atoms with Gasteiger partial charge in [-0.1, -0.05) is 18.2 Å². The Morgan fingerprint density at radius 2 is 1.92 bits per heavy atom. The van der Waals surface area contributed by atoms with Crippen LogP contribution in [-0.2, 0) is 6.42 Å². The van der Waals surface area contributed by atoms with E-state index in [9.17, 15) is 9.18 Å². The van der Waals surface area contributed by atoms with E-state index in [0.717, 1.165) is 49.4 Å². The lowest BCUT2D eigenvalue weighted by atomic mass is 9.90. The van der Waals surface area contributed by atoms with Crippen LogP contribution in [0.2, 0.25) is 0 Å². The summed E-state index contributed by atoms with van der Waals surface area (Å²) in [4.78, 5) is 14.2. The summed E-state index contributed by atoms with van der Waals surface area (Å²) in [5, 5.41) is 2.92. The van der Waals surface area contributed by atoms with Crippen molar-refractivity contribution in [2.24, 2.45) is 5.92 Å². The first-order valence-electron chi connectivity index (χ1n) is 8.58. The standard InChI is InChI=1S/C20H23FN2O2/c1-25-19-4-2-3-18(14-19)22-20(24)23-11-9-16(10-12-23)13-15-5-7-17(21)8-6-15/h2-8,14,16H,9-13H2,1H3,(H,22,24). The molecule has 1 saturated heterocycles. The molecule has 2 aromatic rings. The van der Waals surface area contributed by atoms with Crippen molar-refractivity contribution in [1.82, 2.24) is 4.90 Å². The molecule has 1 heterocycles. The molecule has 1 aliphatic heterocycles. The molecule has 0 aromatic heterocycles. The van der Waals surface area contributed by atoms with E-state index in [4.69, 9.17) is 4.74 Å². The van der Waals surface area contributed by atoms with Crippen molar-refractivity contribution in [3.63, 3.8) is 0 Å². The number of rotatable bonds is 4. The highest BCUT2D eigenvalue weighted by Crippen LogP contribution is 2.23. The minimum atomic E-state index is -0.201. The van der Waals surface area contributed by atoms with Gasteiger partial charge in [0.05, 0.1) is 7.11 Å². The van der Waals surface area contributed by atoms with E-state index >= 15 is 0 Å². The Balaban J connectivity index is 1.49. The van der Waals surface area contributed by atoms with Gasteiger partial charge in [-0.15, -0.1) is 0 Å². The highest BCUT2D eigenvalue weighted by Gasteiger charge is 2.23. The number of amides is 2. The number of hydrogen-bond acceptors (Lipinski definition) is 2. The quantitative estimate of drug-likeness (QED) is 0.899. The van der Waals surface area contributed by atoms with Crippen LogP contribution in [0.1, 0.15) is 18.4 Å². The van der Waals surface area contributed by atoms with Crippen LogP contribution in [0.4, 0.5) is 14.9 Å². The molecule has 1 N–H and O–H groups in total. The number of nitrogens with zero attached hydrogens (tertiary/aromatic N) is 1. The van der Waals surface area contributed by atoms with Crippen LogP contribution >= 0.6 is 0 Å². The zero-order valence-electron chi connectivity index (χ0n) is 14.4. The van der Waals surface area contributed by atoms with Crippen molar-refractivity contribution in [1.29, 1.82) is 0 Å². The van der Waals surface area contributed by atoms with E-state index in [2.05, 4.69) is 5.32 Å². The van der Waals surface area contributed by atoms with Gasteiger partial charge in [0.1, 0.15) is 11.6 Å². The highest BCUT2D eigenvalue weighted by atomic mass is 19.1. The minimum Gasteiger partial charge on any atom is -0.497 e. The molecule has 0 bridgehead atoms. The molecule has 0 radical (unpaired) electrons. The molecule has 3 rings (SSSR count). The Labute approximate surface area is 147 Å². The first kappa shape index (κ1) is 17.3. The second-order valence-corrected chi connectivity index (χ2v) is 6.42. The maximum absolute atomic E-state index is 13.0. The fraction of sp³-hybridized carbons (Fsp3) is 0.350. The van der Waals surface area contributed by atoms with E-state index in [1.165, 1.54) is 12.1 Å². The number of likely N-dealkylation sites (tertiary alicyclic amines) is 1. The lowest BCUT2D eigenvalue weighted by molar-refractivity contribution is 0.182. The van der Waals surface area contributed by atoms with Crippen molar-refractivity contribution in [3.8, 4) is 5.75 Å². The van der Waals surface area contributed by atoms with Crippen LogP contribution in [0.25, 0.3) is 0 Å². The number of nitrogens with one attached hydrogen (secondary N) is 1. The van der Waals surface area contributed by atoms with E-state index < -0.39 is 0 Å². The smallest absolute Gasteiger partial charge is 0.321 e. The van der Waals surface area contributed by atoms with Crippen LogP contribution < -0.4 is 10.1 Å². The van der Waals surface area contributed by atoms with Gasteiger partial charge in [0.15, 0.2) is 0 Å². The van der Waals surface area contributed by atoms with Crippen molar-refractivity contribution >= 4 is 11.7 Å². The van der Waals surface area contributed by atoms with Gasteiger partial charge in [-0.25, -0.2) is 9.18 Å². The molecule has 25 heavy (non-hydrogen) atoms. The van der Waals surface area contributed by atoms with Gasteiger partial charge in [-0.3, -0.25) is 0 Å². The van der Waals surface area contributed by atoms with Gasteiger partial charge in [0, 0.05) is 24.8 Å². The molecule has 0 atom stereocenters. The third-order valence-electron chi connectivity index (χ3n) is 4.66. The Hall–Kier alpha value is -2.56. The number of ether oxygens (including phenoxy) is 1. The summed E-state index contributed by atoms with van der Waals surface area (Å²) in [5.74, 6) is 1.05. The van der Waals surface area contributed by atoms with E-state index in [0.29, 0.717) is 5.92 Å². The van der Waals surface area contributed by atoms with Crippen LogP contribution in [0.5, 0.6) is 5.75 Å². The maximum atomic E-state index is 13.0. The number of benzene rings is 2. The van der Waals surface area contributed by atoms with Crippen molar-refractivity contribution in [3.05, 3.63) is 59.9 Å². The Morgan fingerprint density at radius 1 is 1.20 bits per heavy atom. The van der Waals surface area contributed by atoms with Crippen LogP contribution in [0, 0.1) is 11.7 Å². The Bertz CT molecular complexity index is 710. The number of piperidine rings is 1. The molecular weight excluding hydrogens is 319 g/mol. The Morgan fingerprint density at radius 3 is 2.60 bits per heavy atom. The predicted molar refractivity (Wildman–Crippen MR) is 96.4 cm³/mol. The van der Waals surface area contributed by atoms with E-state index in [1.807, 2.05) is 35.2 Å². The van der Waals surface area contributed by atoms with Gasteiger partial charge in [-0.2, -0.15) is 0 Å². The average molecular weight is 342 g/mol. The van der Waals surface area contributed by atoms with Gasteiger partial charge in [0.2, 0.25) is 0 Å². The molecule has 0 spiro atoms. The normalized spacial score (nSPS) is 15.0. The van der Waals surface area contributed by atoms with E-state index in [-0.39, 0.29) is 11.8 Å². The third-order valence-corrected chi connectivity index (χ3v) is 4.66. The number of carbonyl (C=O) groups is 1. The second kappa shape index (κ2) is 8.01. The largest absolute Gasteiger partial charge is 0.497 e. The molecule has 0 aliphatic carbocycles. The molecule has 4 nitrogen and oxygen atoms in total. The summed E-state index contributed by atoms with van der Waals surface area (Å²) in [6.07, 6.45) is 2.86. The minimum absolute atomic E-state index is 0.0755. The fourth-order valence-electron chi connectivity index (χ4n) is 3.20. The maximum Gasteiger partial charge on any atom is 0.321 e. The van der Waals surface area contributed by atoms with Gasteiger partial charge in [0.25, 0.3) is 0 Å². The van der Waals surface area contributed by atoms with Crippen molar-refractivity contribution < 1.29 is 13.9 Å². The van der Waals surface area contributed by atoms with Crippen molar-refractivity contribution in [2.75, 3.05) is 25.5 Å². The molecule has 5 heteroatoms. The Kier molecular flexibility index (Phi) is 5.53. The average Bonchev–Trinajstić information content (AvgIpc) is 2.64. The number of hydrogen-bond donors (Lipinski definition) is 1. The number of urea groups is 1. The summed E-state index contributed by atoms with van der Waals surface area (Å²) in [6, 6.07) is 14.0. The first-order chi connectivity index (χ1) is 12.1. The molecule has 132 valence electrons. The molecule has 1 aliphatic rings. The summed E-state index contributed by atoms with van der Waals surface area (Å²) >= 11 is 0. The van der Waals surface area contributed by atoms with Crippen LogP contribution in [-0.4, -0.2) is 31.1 Å². The molecule has 2 amide bonds. The summed E-state index contributed by atoms with van der Waals surface area (Å²) < 4.78 is 18.1. The number of carbonyl (C=O) groups excluding carboxylic acids is 1. The van der Waals surface area contributed by atoms with E-state index in [1.54, 1.807) is 13.2 Å². The topological polar surface area (TPSA) is 41.6 Å². The molecular formula is C20H23FN2O2. The van der Waals surface area contributed by atoms with Crippen LogP contribution in [0.15, 0.2) is 48.5 Å². The SMILES string of the molecule is COc1cccc(NC(=O)N2CCC(Cc3ccc(F)cc3)CC2)c1. The molecule has 0 unspecified atom stereocenters. The number of anilines is 1. The summed E-state index contributed by atoms with van der Waals surface area (Å²) in [6.45, 7) is 1.48. The fourth-order valence-corrected chi connectivity index (χ4v) is 3.20. The zero-order chi connectivity index (χ0) is 17.6.